The Labute approximate surface area is 103 Å². The topological polar surface area (TPSA) is 38.9 Å². The molecule has 0 spiro atoms. The third kappa shape index (κ3) is 2.88. The van der Waals surface area contributed by atoms with Crippen molar-refractivity contribution in [3.05, 3.63) is 16.9 Å². The molecule has 1 saturated carbocycles. The molecule has 1 aromatic heterocycles. The van der Waals surface area contributed by atoms with Crippen LogP contribution in [-0.4, -0.2) is 10.2 Å². The number of rotatable bonds is 2. The molecule has 0 aromatic carbocycles. The van der Waals surface area contributed by atoms with Crippen LogP contribution in [0.3, 0.4) is 0 Å². The van der Waals surface area contributed by atoms with Crippen LogP contribution in [0.1, 0.15) is 32.1 Å². The number of hydrogen-bond acceptors (Lipinski definition) is 3. The molecule has 0 saturated heterocycles. The smallest absolute Gasteiger partial charge is 0.0650 e. The van der Waals surface area contributed by atoms with Gasteiger partial charge in [-0.15, -0.1) is 11.8 Å². The Morgan fingerprint density at radius 2 is 2.00 bits per heavy atom. The van der Waals surface area contributed by atoms with Crippen molar-refractivity contribution in [2.24, 2.45) is 0 Å². The first kappa shape index (κ1) is 11.3. The number of pyridine rings is 1. The van der Waals surface area contributed by atoms with E-state index in [0.717, 1.165) is 20.3 Å². The standard InChI is InChI=1S/C11H15BrN2S/c12-9-6-14-7-10(13)11(9)15-8-4-2-1-3-5-8/h6-8H,1-5,13H2. The lowest BCUT2D eigenvalue weighted by molar-refractivity contribution is 0.516. The Morgan fingerprint density at radius 1 is 1.27 bits per heavy atom. The van der Waals surface area contributed by atoms with Crippen LogP contribution in [0, 0.1) is 0 Å². The summed E-state index contributed by atoms with van der Waals surface area (Å²) < 4.78 is 1.03. The number of nitrogens with two attached hydrogens (primary N) is 1. The maximum absolute atomic E-state index is 5.93. The summed E-state index contributed by atoms with van der Waals surface area (Å²) in [5.41, 5.74) is 6.72. The molecule has 0 aliphatic heterocycles. The number of hydrogen-bond donors (Lipinski definition) is 1. The molecule has 0 bridgehead atoms. The maximum Gasteiger partial charge on any atom is 0.0650 e. The Kier molecular flexibility index (Phi) is 3.92. The molecule has 1 aliphatic carbocycles. The first-order valence-electron chi connectivity index (χ1n) is 5.33. The average molecular weight is 287 g/mol. The number of anilines is 1. The van der Waals surface area contributed by atoms with Gasteiger partial charge in [0.15, 0.2) is 0 Å². The zero-order chi connectivity index (χ0) is 10.7. The lowest BCUT2D eigenvalue weighted by atomic mass is 10.0. The molecule has 1 aromatic rings. The highest BCUT2D eigenvalue weighted by atomic mass is 79.9. The predicted octanol–water partition coefficient (Wildman–Crippen LogP) is 3.85. The Morgan fingerprint density at radius 3 is 2.67 bits per heavy atom. The van der Waals surface area contributed by atoms with Crippen molar-refractivity contribution in [2.45, 2.75) is 42.2 Å². The van der Waals surface area contributed by atoms with Crippen LogP contribution in [0.4, 0.5) is 5.69 Å². The summed E-state index contributed by atoms with van der Waals surface area (Å²) in [6.45, 7) is 0. The summed E-state index contributed by atoms with van der Waals surface area (Å²) in [4.78, 5) is 5.22. The highest BCUT2D eigenvalue weighted by molar-refractivity contribution is 9.10. The summed E-state index contributed by atoms with van der Waals surface area (Å²) in [6.07, 6.45) is 10.3. The van der Waals surface area contributed by atoms with Crippen molar-refractivity contribution < 1.29 is 0 Å². The molecule has 0 atom stereocenters. The molecule has 2 N–H and O–H groups in total. The number of halogens is 1. The van der Waals surface area contributed by atoms with E-state index in [1.807, 2.05) is 18.0 Å². The summed E-state index contributed by atoms with van der Waals surface area (Å²) in [5, 5.41) is 0.736. The summed E-state index contributed by atoms with van der Waals surface area (Å²) >= 11 is 5.42. The van der Waals surface area contributed by atoms with E-state index in [-0.39, 0.29) is 0 Å². The lowest BCUT2D eigenvalue weighted by Gasteiger charge is -2.21. The van der Waals surface area contributed by atoms with Crippen molar-refractivity contribution in [3.8, 4) is 0 Å². The number of thioether (sulfide) groups is 1. The fraction of sp³-hybridized carbons (Fsp3) is 0.545. The lowest BCUT2D eigenvalue weighted by Crippen LogP contribution is -2.08. The second-order valence-corrected chi connectivity index (χ2v) is 6.08. The first-order valence-corrected chi connectivity index (χ1v) is 7.00. The third-order valence-corrected chi connectivity index (χ3v) is 5.08. The molecule has 1 heterocycles. The van der Waals surface area contributed by atoms with E-state index in [1.165, 1.54) is 32.1 Å². The zero-order valence-electron chi connectivity index (χ0n) is 8.58. The van der Waals surface area contributed by atoms with Gasteiger partial charge in [0.1, 0.15) is 0 Å². The van der Waals surface area contributed by atoms with Gasteiger partial charge in [0, 0.05) is 16.3 Å². The zero-order valence-corrected chi connectivity index (χ0v) is 11.0. The van der Waals surface area contributed by atoms with Crippen molar-refractivity contribution in [1.29, 1.82) is 0 Å². The number of nitrogen functional groups attached to an aromatic ring is 1. The molecule has 2 nitrogen and oxygen atoms in total. The Bertz CT molecular complexity index is 317. The minimum Gasteiger partial charge on any atom is -0.397 e. The van der Waals surface area contributed by atoms with E-state index in [1.54, 1.807) is 6.20 Å². The van der Waals surface area contributed by atoms with Crippen molar-refractivity contribution in [3.63, 3.8) is 0 Å². The molecule has 0 amide bonds. The van der Waals surface area contributed by atoms with Gasteiger partial charge < -0.3 is 5.73 Å². The maximum atomic E-state index is 5.93. The van der Waals surface area contributed by atoms with E-state index >= 15 is 0 Å². The van der Waals surface area contributed by atoms with E-state index in [9.17, 15) is 0 Å². The van der Waals surface area contributed by atoms with Gasteiger partial charge in [-0.3, -0.25) is 4.98 Å². The van der Waals surface area contributed by atoms with Crippen molar-refractivity contribution in [2.75, 3.05) is 5.73 Å². The summed E-state index contributed by atoms with van der Waals surface area (Å²) in [5.74, 6) is 0. The van der Waals surface area contributed by atoms with E-state index in [0.29, 0.717) is 0 Å². The highest BCUT2D eigenvalue weighted by Crippen LogP contribution is 2.39. The van der Waals surface area contributed by atoms with Gasteiger partial charge in [-0.1, -0.05) is 19.3 Å². The molecule has 1 fully saturated rings. The number of nitrogens with zero attached hydrogens (tertiary/aromatic N) is 1. The molecule has 2 rings (SSSR count). The third-order valence-electron chi connectivity index (χ3n) is 2.72. The van der Waals surface area contributed by atoms with Gasteiger partial charge in [-0.25, -0.2) is 0 Å². The van der Waals surface area contributed by atoms with Crippen LogP contribution >= 0.6 is 27.7 Å². The summed E-state index contributed by atoms with van der Waals surface area (Å²) in [6, 6.07) is 0. The average Bonchev–Trinajstić information content (AvgIpc) is 2.25. The van der Waals surface area contributed by atoms with E-state index in [4.69, 9.17) is 5.73 Å². The molecule has 15 heavy (non-hydrogen) atoms. The molecular formula is C11H15BrN2S. The largest absolute Gasteiger partial charge is 0.397 e. The molecule has 0 radical (unpaired) electrons. The second kappa shape index (κ2) is 5.21. The quantitative estimate of drug-likeness (QED) is 0.898. The predicted molar refractivity (Wildman–Crippen MR) is 69.1 cm³/mol. The first-order chi connectivity index (χ1) is 7.27. The molecule has 4 heteroatoms. The van der Waals surface area contributed by atoms with Gasteiger partial charge in [-0.2, -0.15) is 0 Å². The van der Waals surface area contributed by atoms with Crippen LogP contribution in [0.15, 0.2) is 21.8 Å². The molecule has 1 aliphatic rings. The van der Waals surface area contributed by atoms with Crippen LogP contribution in [0.25, 0.3) is 0 Å². The van der Waals surface area contributed by atoms with Gasteiger partial charge >= 0.3 is 0 Å². The van der Waals surface area contributed by atoms with Crippen LogP contribution in [0.5, 0.6) is 0 Å². The van der Waals surface area contributed by atoms with Gasteiger partial charge in [0.05, 0.1) is 16.4 Å². The minimum absolute atomic E-state index is 0.736. The van der Waals surface area contributed by atoms with E-state index < -0.39 is 0 Å². The van der Waals surface area contributed by atoms with Crippen molar-refractivity contribution in [1.82, 2.24) is 4.98 Å². The fourth-order valence-electron chi connectivity index (χ4n) is 1.91. The minimum atomic E-state index is 0.736. The Balaban J connectivity index is 2.09. The van der Waals surface area contributed by atoms with Crippen LogP contribution in [0.2, 0.25) is 0 Å². The number of aromatic nitrogens is 1. The molecule has 0 unspecified atom stereocenters. The van der Waals surface area contributed by atoms with Gasteiger partial charge in [-0.05, 0) is 28.8 Å². The Hall–Kier alpha value is -0.220. The second-order valence-electron chi connectivity index (χ2n) is 3.92. The molecular weight excluding hydrogens is 272 g/mol. The van der Waals surface area contributed by atoms with Crippen LogP contribution < -0.4 is 5.73 Å². The van der Waals surface area contributed by atoms with Crippen LogP contribution in [-0.2, 0) is 0 Å². The van der Waals surface area contributed by atoms with Gasteiger partial charge in [0.2, 0.25) is 0 Å². The van der Waals surface area contributed by atoms with Gasteiger partial charge in [0.25, 0.3) is 0 Å². The summed E-state index contributed by atoms with van der Waals surface area (Å²) in [7, 11) is 0. The fourth-order valence-corrected chi connectivity index (χ4v) is 3.80. The normalized spacial score (nSPS) is 17.9. The molecule has 82 valence electrons. The monoisotopic (exact) mass is 286 g/mol. The highest BCUT2D eigenvalue weighted by Gasteiger charge is 2.17. The van der Waals surface area contributed by atoms with Crippen molar-refractivity contribution >= 4 is 33.4 Å². The SMILES string of the molecule is Nc1cncc(Br)c1SC1CCCCC1. The van der Waals surface area contributed by atoms with E-state index in [2.05, 4.69) is 20.9 Å².